The summed E-state index contributed by atoms with van der Waals surface area (Å²) in [6, 6.07) is 2.45. The van der Waals surface area contributed by atoms with Crippen LogP contribution in [0.3, 0.4) is 0 Å². The van der Waals surface area contributed by atoms with E-state index in [0.717, 1.165) is 23.4 Å². The van der Waals surface area contributed by atoms with Gasteiger partial charge in [-0.25, -0.2) is 4.98 Å². The lowest BCUT2D eigenvalue weighted by Crippen LogP contribution is -2.23. The van der Waals surface area contributed by atoms with Crippen LogP contribution in [0.4, 0.5) is 5.95 Å². The van der Waals surface area contributed by atoms with Gasteiger partial charge in [-0.2, -0.15) is 0 Å². The molecule has 0 saturated heterocycles. The summed E-state index contributed by atoms with van der Waals surface area (Å²) in [5.41, 5.74) is 3.57. The fraction of sp³-hybridized carbons (Fsp3) is 0.429. The van der Waals surface area contributed by atoms with Gasteiger partial charge in [0.05, 0.1) is 17.2 Å². The fourth-order valence-corrected chi connectivity index (χ4v) is 2.44. The number of hydrogen-bond donors (Lipinski definition) is 1. The Labute approximate surface area is 107 Å². The quantitative estimate of drug-likeness (QED) is 0.823. The Balaban J connectivity index is 1.85. The molecule has 0 bridgehead atoms. The molecular formula is C14H18N4. The Hall–Kier alpha value is -1.84. The molecular weight excluding hydrogens is 224 g/mol. The summed E-state index contributed by atoms with van der Waals surface area (Å²) in [4.78, 5) is 8.76. The zero-order valence-electron chi connectivity index (χ0n) is 10.8. The van der Waals surface area contributed by atoms with Crippen molar-refractivity contribution in [1.82, 2.24) is 14.5 Å². The van der Waals surface area contributed by atoms with Gasteiger partial charge in [0.1, 0.15) is 0 Å². The highest BCUT2D eigenvalue weighted by Crippen LogP contribution is 2.22. The Morgan fingerprint density at radius 1 is 1.44 bits per heavy atom. The highest BCUT2D eigenvalue weighted by atomic mass is 15.2. The number of aromatic nitrogens is 3. The summed E-state index contributed by atoms with van der Waals surface area (Å²) in [7, 11) is 2.03. The first kappa shape index (κ1) is 11.3. The molecule has 1 unspecified atom stereocenters. The van der Waals surface area contributed by atoms with Gasteiger partial charge >= 0.3 is 0 Å². The van der Waals surface area contributed by atoms with E-state index in [2.05, 4.69) is 32.9 Å². The van der Waals surface area contributed by atoms with Crippen LogP contribution in [0.2, 0.25) is 0 Å². The third kappa shape index (κ3) is 1.98. The van der Waals surface area contributed by atoms with Crippen molar-refractivity contribution in [3.8, 4) is 0 Å². The van der Waals surface area contributed by atoms with Gasteiger partial charge in [-0.05, 0) is 32.3 Å². The van der Waals surface area contributed by atoms with Crippen molar-refractivity contribution in [2.75, 3.05) is 5.32 Å². The molecule has 0 spiro atoms. The van der Waals surface area contributed by atoms with Crippen molar-refractivity contribution in [2.45, 2.75) is 32.2 Å². The summed E-state index contributed by atoms with van der Waals surface area (Å²) >= 11 is 0. The predicted octanol–water partition coefficient (Wildman–Crippen LogP) is 2.88. The smallest absolute Gasteiger partial charge is 0.203 e. The molecule has 4 nitrogen and oxygen atoms in total. The van der Waals surface area contributed by atoms with Crippen LogP contribution in [0, 0.1) is 0 Å². The van der Waals surface area contributed by atoms with Crippen molar-refractivity contribution in [2.24, 2.45) is 7.05 Å². The highest BCUT2D eigenvalue weighted by molar-refractivity contribution is 5.77. The third-order valence-corrected chi connectivity index (χ3v) is 3.65. The Bertz CT molecular complexity index is 597. The largest absolute Gasteiger partial charge is 0.353 e. The SMILES string of the molecule is CC1=CCC(Nc2nc3ccncc3n2C)CC1. The summed E-state index contributed by atoms with van der Waals surface area (Å²) in [5.74, 6) is 0.941. The maximum absolute atomic E-state index is 4.62. The molecule has 94 valence electrons. The van der Waals surface area contributed by atoms with Gasteiger partial charge in [-0.3, -0.25) is 4.98 Å². The molecule has 3 rings (SSSR count). The molecule has 1 aliphatic carbocycles. The van der Waals surface area contributed by atoms with Crippen LogP contribution >= 0.6 is 0 Å². The lowest BCUT2D eigenvalue weighted by molar-refractivity contribution is 0.617. The lowest BCUT2D eigenvalue weighted by atomic mass is 9.96. The highest BCUT2D eigenvalue weighted by Gasteiger charge is 2.15. The van der Waals surface area contributed by atoms with Crippen molar-refractivity contribution in [1.29, 1.82) is 0 Å². The first-order valence-corrected chi connectivity index (χ1v) is 6.42. The topological polar surface area (TPSA) is 42.7 Å². The Morgan fingerprint density at radius 2 is 2.33 bits per heavy atom. The zero-order valence-corrected chi connectivity index (χ0v) is 10.8. The van der Waals surface area contributed by atoms with E-state index in [0.29, 0.717) is 6.04 Å². The van der Waals surface area contributed by atoms with Crippen LogP contribution in [0.1, 0.15) is 26.2 Å². The van der Waals surface area contributed by atoms with Gasteiger partial charge in [0.25, 0.3) is 0 Å². The number of nitrogens with one attached hydrogen (secondary N) is 1. The molecule has 0 fully saturated rings. The summed E-state index contributed by atoms with van der Waals surface area (Å²) in [6.45, 7) is 2.21. The molecule has 0 aromatic carbocycles. The van der Waals surface area contributed by atoms with Gasteiger partial charge in [-0.1, -0.05) is 11.6 Å². The molecule has 4 heteroatoms. The number of fused-ring (bicyclic) bond motifs is 1. The number of hydrogen-bond acceptors (Lipinski definition) is 3. The monoisotopic (exact) mass is 242 g/mol. The number of allylic oxidation sites excluding steroid dienone is 1. The molecule has 2 aromatic rings. The lowest BCUT2D eigenvalue weighted by Gasteiger charge is -2.22. The summed E-state index contributed by atoms with van der Waals surface area (Å²) in [5, 5.41) is 3.54. The minimum absolute atomic E-state index is 0.497. The van der Waals surface area contributed by atoms with E-state index in [9.17, 15) is 0 Å². The first-order chi connectivity index (χ1) is 8.74. The van der Waals surface area contributed by atoms with Crippen LogP contribution < -0.4 is 5.32 Å². The second-order valence-corrected chi connectivity index (χ2v) is 5.02. The van der Waals surface area contributed by atoms with Crippen molar-refractivity contribution >= 4 is 17.0 Å². The van der Waals surface area contributed by atoms with E-state index < -0.39 is 0 Å². The number of pyridine rings is 1. The van der Waals surface area contributed by atoms with Crippen molar-refractivity contribution in [3.63, 3.8) is 0 Å². The average molecular weight is 242 g/mol. The molecule has 0 amide bonds. The van der Waals surface area contributed by atoms with E-state index in [-0.39, 0.29) is 0 Å². The fourth-order valence-electron chi connectivity index (χ4n) is 2.44. The van der Waals surface area contributed by atoms with Crippen LogP contribution in [-0.4, -0.2) is 20.6 Å². The average Bonchev–Trinajstić information content (AvgIpc) is 2.70. The third-order valence-electron chi connectivity index (χ3n) is 3.65. The first-order valence-electron chi connectivity index (χ1n) is 6.42. The van der Waals surface area contributed by atoms with E-state index in [1.807, 2.05) is 19.3 Å². The molecule has 1 N–H and O–H groups in total. The molecule has 1 aliphatic rings. The Kier molecular flexibility index (Phi) is 2.78. The van der Waals surface area contributed by atoms with E-state index in [1.54, 1.807) is 6.20 Å². The number of anilines is 1. The molecule has 2 aromatic heterocycles. The van der Waals surface area contributed by atoms with Crippen LogP contribution in [0.15, 0.2) is 30.1 Å². The molecule has 0 radical (unpaired) electrons. The number of aryl methyl sites for hydroxylation is 1. The second kappa shape index (κ2) is 4.44. The normalized spacial score (nSPS) is 19.9. The Morgan fingerprint density at radius 3 is 3.06 bits per heavy atom. The molecule has 0 saturated carbocycles. The van der Waals surface area contributed by atoms with E-state index >= 15 is 0 Å². The molecule has 0 aliphatic heterocycles. The summed E-state index contributed by atoms with van der Waals surface area (Å²) < 4.78 is 2.08. The number of rotatable bonds is 2. The van der Waals surface area contributed by atoms with Gasteiger partial charge in [0, 0.05) is 19.3 Å². The van der Waals surface area contributed by atoms with Crippen LogP contribution in [0.5, 0.6) is 0 Å². The van der Waals surface area contributed by atoms with Gasteiger partial charge < -0.3 is 9.88 Å². The molecule has 18 heavy (non-hydrogen) atoms. The number of nitrogens with zero attached hydrogens (tertiary/aromatic N) is 3. The molecule has 2 heterocycles. The standard InChI is InChI=1S/C14H18N4/c1-10-3-5-11(6-4-10)16-14-17-12-7-8-15-9-13(12)18(14)2/h3,7-9,11H,4-6H2,1-2H3,(H,16,17). The zero-order chi connectivity index (χ0) is 12.5. The maximum atomic E-state index is 4.62. The summed E-state index contributed by atoms with van der Waals surface area (Å²) in [6.07, 6.45) is 9.43. The maximum Gasteiger partial charge on any atom is 0.203 e. The van der Waals surface area contributed by atoms with Gasteiger partial charge in [0.15, 0.2) is 0 Å². The van der Waals surface area contributed by atoms with Gasteiger partial charge in [0.2, 0.25) is 5.95 Å². The molecule has 1 atom stereocenters. The number of imidazole rings is 1. The van der Waals surface area contributed by atoms with Gasteiger partial charge in [-0.15, -0.1) is 0 Å². The van der Waals surface area contributed by atoms with E-state index in [4.69, 9.17) is 0 Å². The minimum Gasteiger partial charge on any atom is -0.353 e. The van der Waals surface area contributed by atoms with Crippen molar-refractivity contribution in [3.05, 3.63) is 30.1 Å². The van der Waals surface area contributed by atoms with Crippen LogP contribution in [0.25, 0.3) is 11.0 Å². The minimum atomic E-state index is 0.497. The van der Waals surface area contributed by atoms with Crippen LogP contribution in [-0.2, 0) is 7.05 Å². The van der Waals surface area contributed by atoms with Crippen molar-refractivity contribution < 1.29 is 0 Å². The predicted molar refractivity (Wildman–Crippen MR) is 73.5 cm³/mol. The van der Waals surface area contributed by atoms with E-state index in [1.165, 1.54) is 18.4 Å². The second-order valence-electron chi connectivity index (χ2n) is 5.02.